The molecule has 0 amide bonds. The Morgan fingerprint density at radius 2 is 1.83 bits per heavy atom. The monoisotopic (exact) mass is 296 g/mol. The van der Waals surface area contributed by atoms with Gasteiger partial charge in [-0.3, -0.25) is 0 Å². The molecule has 2 fully saturated rings. The second-order valence-electron chi connectivity index (χ2n) is 5.41. The number of piperidine rings is 1. The average Bonchev–Trinajstić information content (AvgIpc) is 2.81. The fraction of sp³-hybridized carbons (Fsp3) is 1.00. The van der Waals surface area contributed by atoms with Crippen molar-refractivity contribution < 1.29 is 8.42 Å². The van der Waals surface area contributed by atoms with Crippen molar-refractivity contribution in [3.8, 4) is 0 Å². The Hall–Kier alpha value is 0.160. The summed E-state index contributed by atoms with van der Waals surface area (Å²) in [5.74, 6) is 0.790. The predicted molar refractivity (Wildman–Crippen MR) is 76.6 cm³/mol. The lowest BCUT2D eigenvalue weighted by molar-refractivity contribution is 0.291. The SMILES string of the molecule is CNC1CCCN(S(=O)(=O)CC2CCCC2)C1.Cl. The van der Waals surface area contributed by atoms with Crippen LogP contribution in [0.1, 0.15) is 38.5 Å². The third-order valence-corrected chi connectivity index (χ3v) is 6.12. The molecule has 0 aromatic rings. The fourth-order valence-corrected chi connectivity index (χ4v) is 4.97. The first-order valence-corrected chi connectivity index (χ1v) is 8.38. The quantitative estimate of drug-likeness (QED) is 0.857. The lowest BCUT2D eigenvalue weighted by Crippen LogP contribution is -2.48. The van der Waals surface area contributed by atoms with Crippen molar-refractivity contribution in [2.75, 3.05) is 25.9 Å². The summed E-state index contributed by atoms with van der Waals surface area (Å²) in [6.45, 7) is 1.37. The van der Waals surface area contributed by atoms with Crippen LogP contribution in [0.15, 0.2) is 0 Å². The van der Waals surface area contributed by atoms with Crippen LogP contribution < -0.4 is 5.32 Å². The second-order valence-corrected chi connectivity index (χ2v) is 7.43. The minimum atomic E-state index is -3.02. The van der Waals surface area contributed by atoms with Gasteiger partial charge in [0.2, 0.25) is 10.0 Å². The van der Waals surface area contributed by atoms with Gasteiger partial charge in [0.25, 0.3) is 0 Å². The normalized spacial score (nSPS) is 27.1. The molecule has 0 spiro atoms. The molecule has 18 heavy (non-hydrogen) atoms. The molecular formula is C12H25ClN2O2S. The summed E-state index contributed by atoms with van der Waals surface area (Å²) < 4.78 is 26.3. The zero-order valence-electron chi connectivity index (χ0n) is 11.1. The van der Waals surface area contributed by atoms with Gasteiger partial charge >= 0.3 is 0 Å². The topological polar surface area (TPSA) is 49.4 Å². The van der Waals surface area contributed by atoms with E-state index in [2.05, 4.69) is 5.32 Å². The summed E-state index contributed by atoms with van der Waals surface area (Å²) in [5.41, 5.74) is 0. The van der Waals surface area contributed by atoms with Gasteiger partial charge in [0, 0.05) is 19.1 Å². The first-order chi connectivity index (χ1) is 8.12. The largest absolute Gasteiger partial charge is 0.316 e. The number of halogens is 1. The molecule has 1 aliphatic heterocycles. The van der Waals surface area contributed by atoms with Gasteiger partial charge in [-0.25, -0.2) is 12.7 Å². The maximum atomic E-state index is 12.3. The van der Waals surface area contributed by atoms with E-state index < -0.39 is 10.0 Å². The van der Waals surface area contributed by atoms with Crippen molar-refractivity contribution in [1.82, 2.24) is 9.62 Å². The number of hydrogen-bond acceptors (Lipinski definition) is 3. The summed E-state index contributed by atoms with van der Waals surface area (Å²) in [7, 11) is -1.10. The third-order valence-electron chi connectivity index (χ3n) is 4.11. The van der Waals surface area contributed by atoms with Crippen LogP contribution in [-0.4, -0.2) is 44.7 Å². The van der Waals surface area contributed by atoms with Crippen LogP contribution in [-0.2, 0) is 10.0 Å². The summed E-state index contributed by atoms with van der Waals surface area (Å²) >= 11 is 0. The summed E-state index contributed by atoms with van der Waals surface area (Å²) in [4.78, 5) is 0. The highest BCUT2D eigenvalue weighted by atomic mass is 35.5. The number of rotatable bonds is 4. The lowest BCUT2D eigenvalue weighted by atomic mass is 10.1. The predicted octanol–water partition coefficient (Wildman–Crippen LogP) is 1.61. The Balaban J connectivity index is 0.00000162. The van der Waals surface area contributed by atoms with Crippen molar-refractivity contribution in [2.24, 2.45) is 5.92 Å². The molecule has 1 saturated carbocycles. The molecule has 1 unspecified atom stereocenters. The molecule has 4 nitrogen and oxygen atoms in total. The van der Waals surface area contributed by atoms with E-state index in [9.17, 15) is 8.42 Å². The van der Waals surface area contributed by atoms with E-state index >= 15 is 0 Å². The molecule has 0 aromatic carbocycles. The van der Waals surface area contributed by atoms with E-state index in [0.29, 0.717) is 30.8 Å². The lowest BCUT2D eigenvalue weighted by Gasteiger charge is -2.32. The molecule has 6 heteroatoms. The molecule has 1 atom stereocenters. The van der Waals surface area contributed by atoms with Crippen LogP contribution in [0.5, 0.6) is 0 Å². The van der Waals surface area contributed by atoms with E-state index in [1.807, 2.05) is 7.05 Å². The van der Waals surface area contributed by atoms with E-state index in [1.54, 1.807) is 4.31 Å². The molecule has 0 radical (unpaired) electrons. The van der Waals surface area contributed by atoms with Gasteiger partial charge in [0.15, 0.2) is 0 Å². The number of likely N-dealkylation sites (N-methyl/N-ethyl adjacent to an activating group) is 1. The number of nitrogens with one attached hydrogen (secondary N) is 1. The molecule has 1 saturated heterocycles. The maximum absolute atomic E-state index is 12.3. The Bertz CT molecular complexity index is 342. The van der Waals surface area contributed by atoms with Crippen LogP contribution in [0, 0.1) is 5.92 Å². The Kier molecular flexibility index (Phi) is 6.38. The van der Waals surface area contributed by atoms with Gasteiger partial charge in [-0.1, -0.05) is 12.8 Å². The molecule has 1 N–H and O–H groups in total. The van der Waals surface area contributed by atoms with Gasteiger partial charge in [-0.2, -0.15) is 0 Å². The molecule has 1 heterocycles. The van der Waals surface area contributed by atoms with Gasteiger partial charge < -0.3 is 5.32 Å². The summed E-state index contributed by atoms with van der Waals surface area (Å²) in [5, 5.41) is 3.19. The zero-order valence-corrected chi connectivity index (χ0v) is 12.7. The zero-order chi connectivity index (χ0) is 12.3. The first-order valence-electron chi connectivity index (χ1n) is 6.77. The molecule has 2 rings (SSSR count). The molecule has 0 bridgehead atoms. The van der Waals surface area contributed by atoms with Gasteiger partial charge in [0.05, 0.1) is 5.75 Å². The van der Waals surface area contributed by atoms with Gasteiger partial charge in [-0.15, -0.1) is 12.4 Å². The van der Waals surface area contributed by atoms with Crippen molar-refractivity contribution in [1.29, 1.82) is 0 Å². The standard InChI is InChI=1S/C12H24N2O2S.ClH/c1-13-12-7-4-8-14(9-12)17(15,16)10-11-5-2-3-6-11;/h11-13H,2-10H2,1H3;1H. The second kappa shape index (κ2) is 7.08. The van der Waals surface area contributed by atoms with Gasteiger partial charge in [-0.05, 0) is 38.6 Å². The Morgan fingerprint density at radius 1 is 1.17 bits per heavy atom. The highest BCUT2D eigenvalue weighted by Gasteiger charge is 2.31. The fourth-order valence-electron chi connectivity index (χ4n) is 3.01. The average molecular weight is 297 g/mol. The van der Waals surface area contributed by atoms with E-state index in [0.717, 1.165) is 25.7 Å². The number of sulfonamides is 1. The van der Waals surface area contributed by atoms with Crippen LogP contribution in [0.4, 0.5) is 0 Å². The van der Waals surface area contributed by atoms with Crippen molar-refractivity contribution >= 4 is 22.4 Å². The molecule has 108 valence electrons. The van der Waals surface area contributed by atoms with Gasteiger partial charge in [0.1, 0.15) is 0 Å². The summed E-state index contributed by atoms with van der Waals surface area (Å²) in [6, 6.07) is 0.335. The Morgan fingerprint density at radius 3 is 2.44 bits per heavy atom. The number of nitrogens with zero attached hydrogens (tertiary/aromatic N) is 1. The first kappa shape index (κ1) is 16.2. The maximum Gasteiger partial charge on any atom is 0.214 e. The van der Waals surface area contributed by atoms with Crippen molar-refractivity contribution in [3.63, 3.8) is 0 Å². The van der Waals surface area contributed by atoms with E-state index in [4.69, 9.17) is 0 Å². The van der Waals surface area contributed by atoms with E-state index in [1.165, 1.54) is 12.8 Å². The molecule has 2 aliphatic rings. The van der Waals surface area contributed by atoms with Crippen LogP contribution >= 0.6 is 12.4 Å². The number of hydrogen-bond donors (Lipinski definition) is 1. The smallest absolute Gasteiger partial charge is 0.214 e. The third kappa shape index (κ3) is 4.08. The molecular weight excluding hydrogens is 272 g/mol. The summed E-state index contributed by atoms with van der Waals surface area (Å²) in [6.07, 6.45) is 6.69. The Labute approximate surface area is 117 Å². The highest BCUT2D eigenvalue weighted by Crippen LogP contribution is 2.27. The minimum Gasteiger partial charge on any atom is -0.316 e. The van der Waals surface area contributed by atoms with Crippen LogP contribution in [0.25, 0.3) is 0 Å². The highest BCUT2D eigenvalue weighted by molar-refractivity contribution is 7.89. The van der Waals surface area contributed by atoms with Crippen LogP contribution in [0.3, 0.4) is 0 Å². The molecule has 1 aliphatic carbocycles. The minimum absolute atomic E-state index is 0. The van der Waals surface area contributed by atoms with Crippen molar-refractivity contribution in [3.05, 3.63) is 0 Å². The van der Waals surface area contributed by atoms with Crippen molar-refractivity contribution in [2.45, 2.75) is 44.6 Å². The molecule has 0 aromatic heterocycles. The van der Waals surface area contributed by atoms with Crippen LogP contribution in [0.2, 0.25) is 0 Å². The van der Waals surface area contributed by atoms with E-state index in [-0.39, 0.29) is 12.4 Å².